The van der Waals surface area contributed by atoms with Crippen molar-refractivity contribution in [1.82, 2.24) is 5.43 Å². The van der Waals surface area contributed by atoms with Gasteiger partial charge in [0, 0.05) is 4.90 Å². The van der Waals surface area contributed by atoms with Gasteiger partial charge in [0.2, 0.25) is 5.84 Å². The minimum Gasteiger partial charge on any atom is -0.300 e. The van der Waals surface area contributed by atoms with Crippen LogP contribution < -0.4 is 10.9 Å². The minimum absolute atomic E-state index is 0.465. The summed E-state index contributed by atoms with van der Waals surface area (Å²) in [5.74, 6) is -1.53. The fourth-order valence-corrected chi connectivity index (χ4v) is 1.29. The molecule has 3 nitrogen and oxygen atoms in total. The minimum atomic E-state index is -4.66. The van der Waals surface area contributed by atoms with Gasteiger partial charge in [0.05, 0.1) is 5.69 Å². The van der Waals surface area contributed by atoms with Crippen molar-refractivity contribution in [2.75, 3.05) is 11.7 Å². The van der Waals surface area contributed by atoms with Gasteiger partial charge in [-0.1, -0.05) is 0 Å². The van der Waals surface area contributed by atoms with Gasteiger partial charge in [0.15, 0.2) is 0 Å². The van der Waals surface area contributed by atoms with E-state index in [1.807, 2.05) is 6.26 Å². The van der Waals surface area contributed by atoms with E-state index < -0.39 is 12.0 Å². The van der Waals surface area contributed by atoms with Gasteiger partial charge in [-0.05, 0) is 30.5 Å². The first-order valence-corrected chi connectivity index (χ1v) is 5.48. The van der Waals surface area contributed by atoms with Gasteiger partial charge in [0.1, 0.15) is 0 Å². The lowest BCUT2D eigenvalue weighted by Crippen LogP contribution is -2.39. The van der Waals surface area contributed by atoms with E-state index in [0.717, 1.165) is 4.90 Å². The normalized spacial score (nSPS) is 11.0. The quantitative estimate of drug-likeness (QED) is 0.334. The molecule has 0 saturated heterocycles. The van der Waals surface area contributed by atoms with E-state index in [0.29, 0.717) is 5.69 Å². The molecule has 0 amide bonds. The Morgan fingerprint density at radius 3 is 2.25 bits per heavy atom. The van der Waals surface area contributed by atoms with E-state index in [4.69, 9.17) is 5.41 Å². The summed E-state index contributed by atoms with van der Waals surface area (Å²) in [5, 5.41) is 6.67. The van der Waals surface area contributed by atoms with Crippen LogP contribution in [-0.2, 0) is 0 Å². The number of anilines is 1. The summed E-state index contributed by atoms with van der Waals surface area (Å²) in [7, 11) is 0. The SMILES string of the molecule is CSc1ccc(NNC(=N)C(F)(F)F)cc1. The Balaban J connectivity index is 2.52. The van der Waals surface area contributed by atoms with Crippen LogP contribution in [0, 0.1) is 5.41 Å². The van der Waals surface area contributed by atoms with Crippen LogP contribution in [0.25, 0.3) is 0 Å². The standard InChI is InChI=1S/C9H10F3N3S/c1-16-7-4-2-6(3-5-7)14-15-8(13)9(10,11)12/h2-5,14H,1H3,(H2,13,15). The van der Waals surface area contributed by atoms with Crippen molar-refractivity contribution >= 4 is 23.3 Å². The Morgan fingerprint density at radius 1 is 1.25 bits per heavy atom. The van der Waals surface area contributed by atoms with Crippen LogP contribution in [0.3, 0.4) is 0 Å². The molecule has 0 aliphatic carbocycles. The second-order valence-electron chi connectivity index (χ2n) is 2.85. The first-order chi connectivity index (χ1) is 7.43. The summed E-state index contributed by atoms with van der Waals surface area (Å²) in [4.78, 5) is 1.01. The van der Waals surface area contributed by atoms with Gasteiger partial charge < -0.3 is 0 Å². The second kappa shape index (κ2) is 5.11. The number of hydrogen-bond acceptors (Lipinski definition) is 3. The third-order valence-corrected chi connectivity index (χ3v) is 2.45. The lowest BCUT2D eigenvalue weighted by atomic mass is 10.3. The highest BCUT2D eigenvalue weighted by Crippen LogP contribution is 2.18. The number of nitrogens with one attached hydrogen (secondary N) is 3. The van der Waals surface area contributed by atoms with Crippen molar-refractivity contribution in [2.45, 2.75) is 11.1 Å². The van der Waals surface area contributed by atoms with Gasteiger partial charge in [-0.2, -0.15) is 13.2 Å². The number of thioether (sulfide) groups is 1. The fourth-order valence-electron chi connectivity index (χ4n) is 0.880. The second-order valence-corrected chi connectivity index (χ2v) is 3.73. The topological polar surface area (TPSA) is 47.9 Å². The zero-order chi connectivity index (χ0) is 12.2. The number of halogens is 3. The zero-order valence-corrected chi connectivity index (χ0v) is 9.17. The first-order valence-electron chi connectivity index (χ1n) is 4.25. The van der Waals surface area contributed by atoms with Crippen LogP contribution in [0.4, 0.5) is 18.9 Å². The number of benzene rings is 1. The molecule has 0 unspecified atom stereocenters. The third kappa shape index (κ3) is 3.65. The Labute approximate surface area is 94.9 Å². The summed E-state index contributed by atoms with van der Waals surface area (Å²) in [6.45, 7) is 0. The Bertz CT molecular complexity index is 361. The number of amidine groups is 1. The molecule has 0 aliphatic rings. The number of hydrogen-bond donors (Lipinski definition) is 3. The molecule has 16 heavy (non-hydrogen) atoms. The molecular weight excluding hydrogens is 239 g/mol. The van der Waals surface area contributed by atoms with Crippen molar-refractivity contribution in [3.63, 3.8) is 0 Å². The average Bonchev–Trinajstić information content (AvgIpc) is 2.25. The molecule has 7 heteroatoms. The molecule has 3 N–H and O–H groups in total. The Morgan fingerprint density at radius 2 is 1.81 bits per heavy atom. The first kappa shape index (κ1) is 12.7. The fraction of sp³-hybridized carbons (Fsp3) is 0.222. The summed E-state index contributed by atoms with van der Waals surface area (Å²) in [5.41, 5.74) is 4.54. The predicted molar refractivity (Wildman–Crippen MR) is 58.8 cm³/mol. The van der Waals surface area contributed by atoms with Crippen LogP contribution in [0.5, 0.6) is 0 Å². The van der Waals surface area contributed by atoms with Crippen LogP contribution in [0.2, 0.25) is 0 Å². The maximum Gasteiger partial charge on any atom is 0.450 e. The highest BCUT2D eigenvalue weighted by molar-refractivity contribution is 7.98. The van der Waals surface area contributed by atoms with Crippen LogP contribution >= 0.6 is 11.8 Å². The molecule has 0 radical (unpaired) electrons. The maximum atomic E-state index is 11.9. The molecule has 0 heterocycles. The van der Waals surface area contributed by atoms with E-state index in [1.54, 1.807) is 29.7 Å². The van der Waals surface area contributed by atoms with E-state index in [9.17, 15) is 13.2 Å². The molecule has 1 aromatic carbocycles. The van der Waals surface area contributed by atoms with Crippen LogP contribution in [0.1, 0.15) is 0 Å². The lowest BCUT2D eigenvalue weighted by Gasteiger charge is -2.12. The van der Waals surface area contributed by atoms with Crippen molar-refractivity contribution in [2.24, 2.45) is 0 Å². The van der Waals surface area contributed by atoms with Crippen molar-refractivity contribution in [3.05, 3.63) is 24.3 Å². The van der Waals surface area contributed by atoms with Gasteiger partial charge in [-0.3, -0.25) is 16.3 Å². The highest BCUT2D eigenvalue weighted by Gasteiger charge is 2.34. The number of alkyl halides is 3. The molecule has 0 aliphatic heterocycles. The number of hydrazine groups is 1. The molecular formula is C9H10F3N3S. The largest absolute Gasteiger partial charge is 0.450 e. The lowest BCUT2D eigenvalue weighted by molar-refractivity contribution is -0.0622. The molecule has 88 valence electrons. The number of rotatable bonds is 3. The Kier molecular flexibility index (Phi) is 4.05. The molecule has 0 spiro atoms. The maximum absolute atomic E-state index is 11.9. The molecule has 0 fully saturated rings. The van der Waals surface area contributed by atoms with Gasteiger partial charge >= 0.3 is 6.18 Å². The zero-order valence-electron chi connectivity index (χ0n) is 8.35. The van der Waals surface area contributed by atoms with E-state index in [1.165, 1.54) is 11.8 Å². The summed E-state index contributed by atoms with van der Waals surface area (Å²) in [6, 6.07) is 6.79. The smallest absolute Gasteiger partial charge is 0.300 e. The molecule has 0 aromatic heterocycles. The molecule has 0 atom stereocenters. The van der Waals surface area contributed by atoms with Gasteiger partial charge in [0.25, 0.3) is 0 Å². The molecule has 0 saturated carbocycles. The summed E-state index contributed by atoms with van der Waals surface area (Å²) >= 11 is 1.54. The molecule has 0 bridgehead atoms. The highest BCUT2D eigenvalue weighted by atomic mass is 32.2. The van der Waals surface area contributed by atoms with Crippen molar-refractivity contribution in [3.8, 4) is 0 Å². The Hall–Kier alpha value is -1.37. The van der Waals surface area contributed by atoms with E-state index in [-0.39, 0.29) is 0 Å². The molecule has 1 rings (SSSR count). The van der Waals surface area contributed by atoms with Gasteiger partial charge in [-0.25, -0.2) is 0 Å². The van der Waals surface area contributed by atoms with Crippen LogP contribution in [0.15, 0.2) is 29.2 Å². The van der Waals surface area contributed by atoms with E-state index >= 15 is 0 Å². The summed E-state index contributed by atoms with van der Waals surface area (Å²) < 4.78 is 35.8. The van der Waals surface area contributed by atoms with E-state index in [2.05, 4.69) is 5.43 Å². The molecule has 1 aromatic rings. The third-order valence-electron chi connectivity index (χ3n) is 1.71. The van der Waals surface area contributed by atoms with Crippen molar-refractivity contribution in [1.29, 1.82) is 5.41 Å². The predicted octanol–water partition coefficient (Wildman–Crippen LogP) is 2.86. The average molecular weight is 249 g/mol. The monoisotopic (exact) mass is 249 g/mol. The van der Waals surface area contributed by atoms with Crippen LogP contribution in [-0.4, -0.2) is 18.3 Å². The van der Waals surface area contributed by atoms with Gasteiger partial charge in [-0.15, -0.1) is 11.8 Å². The summed E-state index contributed by atoms with van der Waals surface area (Å²) in [6.07, 6.45) is -2.76. The van der Waals surface area contributed by atoms with Crippen molar-refractivity contribution < 1.29 is 13.2 Å².